The summed E-state index contributed by atoms with van der Waals surface area (Å²) < 4.78 is 12.0. The summed E-state index contributed by atoms with van der Waals surface area (Å²) in [4.78, 5) is 59.1. The van der Waals surface area contributed by atoms with Gasteiger partial charge in [-0.1, -0.05) is 80.0 Å². The second-order valence-corrected chi connectivity index (χ2v) is 24.7. The summed E-state index contributed by atoms with van der Waals surface area (Å²) in [7, 11) is 0. The average molecular weight is 896 g/mol. The molecule has 0 radical (unpaired) electrons. The Hall–Kier alpha value is -3.24. The molecule has 7 fully saturated rings. The SMILES string of the molecule is CC(C)C1=C2[C@H]3CC[C@@H]4[C@@]5(C)CC[C@H](OC(=O)[C@H]6C[C@@H](C(=O)O)C6(C)C)C(C)(C)[C@@H]5CC[C@@]4(C)[C@]3(C)CC[C@@]2(CC(=O)NCc2ccc(N3CCC(N4CCOCC4)CC3)cc2)CC1=O. The van der Waals surface area contributed by atoms with Crippen LogP contribution in [0.2, 0.25) is 0 Å². The second kappa shape index (κ2) is 16.8. The molecule has 2 heterocycles. The fourth-order valence-corrected chi connectivity index (χ4v) is 16.9. The van der Waals surface area contributed by atoms with Crippen molar-refractivity contribution in [1.82, 2.24) is 10.2 Å². The van der Waals surface area contributed by atoms with Crippen LogP contribution in [-0.4, -0.2) is 85.2 Å². The lowest BCUT2D eigenvalue weighted by Gasteiger charge is -2.72. The van der Waals surface area contributed by atoms with Crippen LogP contribution in [-0.2, 0) is 35.2 Å². The van der Waals surface area contributed by atoms with Crippen molar-refractivity contribution in [3.05, 3.63) is 41.0 Å². The fraction of sp³-hybridized carbons (Fsp3) is 0.782. The summed E-state index contributed by atoms with van der Waals surface area (Å²) in [5.41, 5.74) is 3.59. The van der Waals surface area contributed by atoms with E-state index in [1.807, 2.05) is 13.8 Å². The number of esters is 1. The van der Waals surface area contributed by atoms with Gasteiger partial charge < -0.3 is 24.8 Å². The number of aliphatic carboxylic acids is 1. The van der Waals surface area contributed by atoms with Gasteiger partial charge in [0.15, 0.2) is 5.78 Å². The zero-order valence-electron chi connectivity index (χ0n) is 41.4. The number of piperidine rings is 1. The number of carboxylic acid groups (broad SMARTS) is 1. The molecule has 10 heteroatoms. The van der Waals surface area contributed by atoms with Crippen LogP contribution in [0.15, 0.2) is 35.4 Å². The maximum absolute atomic E-state index is 14.3. The number of hydrogen-bond donors (Lipinski definition) is 2. The number of anilines is 1. The lowest BCUT2D eigenvalue weighted by atomic mass is 9.33. The number of carbonyl (C=O) groups is 4. The molecule has 1 aromatic carbocycles. The molecule has 2 aliphatic heterocycles. The highest BCUT2D eigenvalue weighted by atomic mass is 16.5. The molecule has 0 unspecified atom stereocenters. The number of carboxylic acids is 1. The maximum Gasteiger partial charge on any atom is 0.309 e. The monoisotopic (exact) mass is 896 g/mol. The highest BCUT2D eigenvalue weighted by molar-refractivity contribution is 6.01. The standard InChI is InChI=1S/C55H81N3O7/c1-34(2)46-41(59)31-55(32-45(60)56-33-35-10-12-36(13-11-35)57-24-18-37(19-25-57)58-26-28-64-29-27-58)23-22-53(8)38(47(46)55)14-15-43-52(7)20-17-44(51(5,6)42(52)16-21-54(43,53)9)65-49(63)40-30-39(48(61)62)50(40,3)4/h10-13,34,37-40,42-44H,14-33H2,1-9H3,(H,56,60)(H,61,62)/t38-,39+,40-,42+,43-,44+,52+,53-,54-,55+/m1/s1. The Labute approximate surface area is 389 Å². The van der Waals surface area contributed by atoms with Crippen molar-refractivity contribution >= 4 is 29.3 Å². The summed E-state index contributed by atoms with van der Waals surface area (Å²) in [6, 6.07) is 9.40. The Morgan fingerprint density at radius 1 is 0.800 bits per heavy atom. The molecule has 10 nitrogen and oxygen atoms in total. The third kappa shape index (κ3) is 7.54. The van der Waals surface area contributed by atoms with Crippen LogP contribution in [0.3, 0.4) is 0 Å². The number of fused-ring (bicyclic) bond motifs is 7. The first kappa shape index (κ1) is 46.9. The highest BCUT2D eigenvalue weighted by Crippen LogP contribution is 2.77. The fourth-order valence-electron chi connectivity index (χ4n) is 16.9. The molecule has 10 atom stereocenters. The van der Waals surface area contributed by atoms with Gasteiger partial charge >= 0.3 is 11.9 Å². The smallest absolute Gasteiger partial charge is 0.309 e. The van der Waals surface area contributed by atoms with Gasteiger partial charge in [0.05, 0.1) is 25.0 Å². The van der Waals surface area contributed by atoms with Crippen molar-refractivity contribution < 1.29 is 33.8 Å². The Balaban J connectivity index is 0.869. The van der Waals surface area contributed by atoms with Gasteiger partial charge in [-0.05, 0) is 139 Å². The largest absolute Gasteiger partial charge is 0.481 e. The number of nitrogens with zero attached hydrogens (tertiary/aromatic N) is 2. The van der Waals surface area contributed by atoms with E-state index < -0.39 is 22.7 Å². The van der Waals surface area contributed by atoms with E-state index >= 15 is 0 Å². The molecular formula is C55H81N3O7. The zero-order chi connectivity index (χ0) is 46.5. The molecule has 2 saturated heterocycles. The first-order valence-electron chi connectivity index (χ1n) is 25.8. The van der Waals surface area contributed by atoms with Crippen molar-refractivity contribution in [2.24, 2.45) is 68.0 Å². The maximum atomic E-state index is 14.3. The molecule has 6 aliphatic carbocycles. The topological polar surface area (TPSA) is 125 Å². The molecule has 0 spiro atoms. The summed E-state index contributed by atoms with van der Waals surface area (Å²) >= 11 is 0. The van der Waals surface area contributed by atoms with Gasteiger partial charge in [0.1, 0.15) is 6.10 Å². The minimum Gasteiger partial charge on any atom is -0.481 e. The van der Waals surface area contributed by atoms with Crippen molar-refractivity contribution in [3.63, 3.8) is 0 Å². The van der Waals surface area contributed by atoms with Crippen LogP contribution >= 0.6 is 0 Å². The van der Waals surface area contributed by atoms with Crippen LogP contribution < -0.4 is 10.2 Å². The van der Waals surface area contributed by atoms with Crippen LogP contribution in [0.4, 0.5) is 5.69 Å². The van der Waals surface area contributed by atoms with Gasteiger partial charge in [0, 0.05) is 68.1 Å². The summed E-state index contributed by atoms with van der Waals surface area (Å²) in [5.74, 6) is -0.359. The normalized spacial score (nSPS) is 39.1. The van der Waals surface area contributed by atoms with Gasteiger partial charge in [-0.2, -0.15) is 0 Å². The number of benzene rings is 1. The second-order valence-electron chi connectivity index (χ2n) is 24.7. The van der Waals surface area contributed by atoms with E-state index in [0.717, 1.165) is 102 Å². The number of carbonyl (C=O) groups excluding carboxylic acids is 3. The lowest BCUT2D eigenvalue weighted by molar-refractivity contribution is -0.236. The predicted molar refractivity (Wildman–Crippen MR) is 253 cm³/mol. The molecular weight excluding hydrogens is 815 g/mol. The van der Waals surface area contributed by atoms with Crippen LogP contribution in [0, 0.1) is 68.0 Å². The first-order valence-corrected chi connectivity index (χ1v) is 25.8. The summed E-state index contributed by atoms with van der Waals surface area (Å²) in [6.45, 7) is 26.9. The number of nitrogens with one attached hydrogen (secondary N) is 1. The minimum atomic E-state index is -0.828. The van der Waals surface area contributed by atoms with E-state index in [0.29, 0.717) is 43.7 Å². The molecule has 1 amide bonds. The van der Waals surface area contributed by atoms with Crippen molar-refractivity contribution in [2.45, 2.75) is 164 Å². The molecule has 9 rings (SSSR count). The number of Topliss-reactive ketones (excluding diaryl/α,β-unsaturated/α-hetero) is 1. The van der Waals surface area contributed by atoms with E-state index in [4.69, 9.17) is 9.47 Å². The van der Waals surface area contributed by atoms with E-state index in [1.165, 1.54) is 24.1 Å². The van der Waals surface area contributed by atoms with E-state index in [9.17, 15) is 24.3 Å². The Morgan fingerprint density at radius 3 is 2.14 bits per heavy atom. The number of amides is 1. The molecule has 8 aliphatic rings. The van der Waals surface area contributed by atoms with Crippen molar-refractivity contribution in [3.8, 4) is 0 Å². The average Bonchev–Trinajstić information content (AvgIpc) is 3.55. The van der Waals surface area contributed by atoms with E-state index in [-0.39, 0.29) is 63.2 Å². The molecule has 0 aromatic heterocycles. The van der Waals surface area contributed by atoms with Gasteiger partial charge in [-0.25, -0.2) is 0 Å². The number of morpholine rings is 1. The van der Waals surface area contributed by atoms with Crippen LogP contribution in [0.5, 0.6) is 0 Å². The first-order chi connectivity index (χ1) is 30.7. The summed E-state index contributed by atoms with van der Waals surface area (Å²) in [6.07, 6.45) is 11.4. The zero-order valence-corrected chi connectivity index (χ0v) is 41.4. The predicted octanol–water partition coefficient (Wildman–Crippen LogP) is 9.63. The van der Waals surface area contributed by atoms with Gasteiger partial charge in [0.2, 0.25) is 5.91 Å². The molecule has 358 valence electrons. The number of rotatable bonds is 10. The van der Waals surface area contributed by atoms with E-state index in [2.05, 4.69) is 87.8 Å². The van der Waals surface area contributed by atoms with Crippen molar-refractivity contribution in [1.29, 1.82) is 0 Å². The number of allylic oxidation sites excluding steroid dienone is 2. The molecule has 1 aromatic rings. The molecule has 65 heavy (non-hydrogen) atoms. The molecule has 2 N–H and O–H groups in total. The van der Waals surface area contributed by atoms with E-state index in [1.54, 1.807) is 0 Å². The number of ketones is 1. The number of hydrogen-bond acceptors (Lipinski definition) is 8. The van der Waals surface area contributed by atoms with Gasteiger partial charge in [0.25, 0.3) is 0 Å². The minimum absolute atomic E-state index is 0.00652. The van der Waals surface area contributed by atoms with Crippen molar-refractivity contribution in [2.75, 3.05) is 44.3 Å². The quantitative estimate of drug-likeness (QED) is 0.221. The van der Waals surface area contributed by atoms with Gasteiger partial charge in [-0.3, -0.25) is 24.1 Å². The van der Waals surface area contributed by atoms with Crippen LogP contribution in [0.25, 0.3) is 0 Å². The third-order valence-electron chi connectivity index (χ3n) is 20.9. The Morgan fingerprint density at radius 2 is 1.49 bits per heavy atom. The molecule has 5 saturated carbocycles. The van der Waals surface area contributed by atoms with Gasteiger partial charge in [-0.15, -0.1) is 0 Å². The summed E-state index contributed by atoms with van der Waals surface area (Å²) in [5, 5.41) is 13.0. The molecule has 0 bridgehead atoms. The third-order valence-corrected chi connectivity index (χ3v) is 20.9. The number of ether oxygens (including phenoxy) is 2. The Kier molecular flexibility index (Phi) is 12.1. The van der Waals surface area contributed by atoms with Crippen LogP contribution in [0.1, 0.15) is 151 Å². The lowest BCUT2D eigenvalue weighted by Crippen LogP contribution is -2.66. The Bertz CT molecular complexity index is 2060. The highest BCUT2D eigenvalue weighted by Gasteiger charge is 2.70.